The number of carbonyl (C=O) groups is 1. The van der Waals surface area contributed by atoms with Crippen molar-refractivity contribution < 1.29 is 23.1 Å². The molecular formula is C26H27NO5S. The van der Waals surface area contributed by atoms with E-state index in [9.17, 15) is 13.2 Å². The lowest BCUT2D eigenvalue weighted by molar-refractivity contribution is -0.137. The van der Waals surface area contributed by atoms with Gasteiger partial charge in [0.15, 0.2) is 0 Å². The first kappa shape index (κ1) is 22.9. The van der Waals surface area contributed by atoms with Crippen LogP contribution in [0.2, 0.25) is 0 Å². The Morgan fingerprint density at radius 1 is 1.06 bits per heavy atom. The Bertz CT molecular complexity index is 1320. The number of anilines is 1. The summed E-state index contributed by atoms with van der Waals surface area (Å²) in [6.07, 6.45) is -0.438. The van der Waals surface area contributed by atoms with Crippen molar-refractivity contribution >= 4 is 21.7 Å². The van der Waals surface area contributed by atoms with Gasteiger partial charge in [-0.25, -0.2) is 8.42 Å². The molecule has 0 aliphatic carbocycles. The number of fused-ring (bicyclic) bond motifs is 1. The second kappa shape index (κ2) is 8.90. The Balaban J connectivity index is 1.83. The van der Waals surface area contributed by atoms with Crippen LogP contribution >= 0.6 is 0 Å². The van der Waals surface area contributed by atoms with Crippen molar-refractivity contribution in [2.24, 2.45) is 0 Å². The molecule has 0 aromatic heterocycles. The third kappa shape index (κ3) is 4.59. The van der Waals surface area contributed by atoms with Gasteiger partial charge in [-0.05, 0) is 79.3 Å². The number of hydrogen-bond acceptors (Lipinski definition) is 4. The summed E-state index contributed by atoms with van der Waals surface area (Å²) < 4.78 is 34.8. The van der Waals surface area contributed by atoms with Gasteiger partial charge >= 0.3 is 5.97 Å². The van der Waals surface area contributed by atoms with E-state index in [1.807, 2.05) is 57.2 Å². The summed E-state index contributed by atoms with van der Waals surface area (Å²) in [4.78, 5) is 11.3. The maximum Gasteiger partial charge on any atom is 0.303 e. The zero-order valence-corrected chi connectivity index (χ0v) is 19.7. The van der Waals surface area contributed by atoms with E-state index in [2.05, 4.69) is 0 Å². The molecule has 0 fully saturated rings. The quantitative estimate of drug-likeness (QED) is 0.548. The topological polar surface area (TPSA) is 83.9 Å². The fraction of sp³-hybridized carbons (Fsp3) is 0.269. The molecule has 4 rings (SSSR count). The molecule has 0 amide bonds. The first-order chi connectivity index (χ1) is 15.7. The highest BCUT2D eigenvalue weighted by Gasteiger charge is 2.35. The van der Waals surface area contributed by atoms with Gasteiger partial charge in [0.1, 0.15) is 11.9 Å². The Hall–Kier alpha value is -3.32. The summed E-state index contributed by atoms with van der Waals surface area (Å²) in [5.74, 6) is -0.510. The van der Waals surface area contributed by atoms with Crippen molar-refractivity contribution in [2.45, 2.75) is 44.6 Å². The third-order valence-electron chi connectivity index (χ3n) is 6.06. The van der Waals surface area contributed by atoms with Gasteiger partial charge in [0, 0.05) is 6.42 Å². The minimum absolute atomic E-state index is 0.0484. The Morgan fingerprint density at radius 3 is 2.55 bits per heavy atom. The Kier molecular flexibility index (Phi) is 6.17. The standard InChI is InChI=1S/C26H27NO5S/c1-17-6-4-8-22(14-17)33(30,31)27-16-21(11-13-26(28)29)32-25-12-10-20(15-24(25)27)23-9-5-7-18(2)19(23)3/h4-10,12,14-15,21H,11,13,16H2,1-3H3,(H,28,29)/t21-/m0/s1. The number of carboxylic acids is 1. The van der Waals surface area contributed by atoms with Gasteiger partial charge < -0.3 is 9.84 Å². The first-order valence-corrected chi connectivity index (χ1v) is 12.3. The summed E-state index contributed by atoms with van der Waals surface area (Å²) in [5, 5.41) is 9.10. The van der Waals surface area contributed by atoms with Crippen LogP contribution in [0.4, 0.5) is 5.69 Å². The second-order valence-corrected chi connectivity index (χ2v) is 10.3. The molecule has 0 radical (unpaired) electrons. The maximum atomic E-state index is 13.7. The van der Waals surface area contributed by atoms with Gasteiger partial charge in [0.25, 0.3) is 10.0 Å². The molecule has 33 heavy (non-hydrogen) atoms. The van der Waals surface area contributed by atoms with Crippen LogP contribution < -0.4 is 9.04 Å². The first-order valence-electron chi connectivity index (χ1n) is 10.9. The molecule has 0 unspecified atom stereocenters. The zero-order valence-electron chi connectivity index (χ0n) is 18.9. The second-order valence-electron chi connectivity index (χ2n) is 8.45. The predicted molar refractivity (Wildman–Crippen MR) is 128 cm³/mol. The molecule has 7 heteroatoms. The van der Waals surface area contributed by atoms with Crippen LogP contribution in [0.25, 0.3) is 11.1 Å². The molecule has 1 aliphatic heterocycles. The van der Waals surface area contributed by atoms with E-state index in [0.717, 1.165) is 27.8 Å². The van der Waals surface area contributed by atoms with Gasteiger partial charge in [0.2, 0.25) is 0 Å². The van der Waals surface area contributed by atoms with Crippen LogP contribution in [0.1, 0.15) is 29.5 Å². The fourth-order valence-corrected chi connectivity index (χ4v) is 5.71. The minimum atomic E-state index is -3.88. The van der Waals surface area contributed by atoms with E-state index in [1.54, 1.807) is 24.3 Å². The van der Waals surface area contributed by atoms with E-state index in [1.165, 1.54) is 4.31 Å². The summed E-state index contributed by atoms with van der Waals surface area (Å²) in [5.41, 5.74) is 5.50. The van der Waals surface area contributed by atoms with Crippen LogP contribution in [0.15, 0.2) is 65.6 Å². The van der Waals surface area contributed by atoms with Crippen molar-refractivity contribution in [2.75, 3.05) is 10.8 Å². The largest absolute Gasteiger partial charge is 0.486 e. The minimum Gasteiger partial charge on any atom is -0.486 e. The Labute approximate surface area is 194 Å². The number of nitrogens with zero attached hydrogens (tertiary/aromatic N) is 1. The van der Waals surface area contributed by atoms with Crippen molar-refractivity contribution in [3.8, 4) is 16.9 Å². The van der Waals surface area contributed by atoms with E-state index in [-0.39, 0.29) is 24.3 Å². The van der Waals surface area contributed by atoms with Gasteiger partial charge in [-0.15, -0.1) is 0 Å². The molecule has 1 atom stereocenters. The monoisotopic (exact) mass is 465 g/mol. The number of rotatable bonds is 6. The molecule has 0 spiro atoms. The van der Waals surface area contributed by atoms with Crippen molar-refractivity contribution in [1.29, 1.82) is 0 Å². The lowest BCUT2D eigenvalue weighted by Crippen LogP contribution is -2.43. The van der Waals surface area contributed by atoms with E-state index >= 15 is 0 Å². The lowest BCUT2D eigenvalue weighted by atomic mass is 9.96. The SMILES string of the molecule is Cc1cccc(S(=O)(=O)N2C[C@H](CCC(=O)O)Oc3ccc(-c4cccc(C)c4C)cc32)c1. The van der Waals surface area contributed by atoms with Crippen LogP contribution in [-0.4, -0.2) is 32.1 Å². The van der Waals surface area contributed by atoms with Gasteiger partial charge in [-0.3, -0.25) is 9.10 Å². The fourth-order valence-electron chi connectivity index (χ4n) is 4.11. The number of carboxylic acid groups (broad SMARTS) is 1. The molecule has 6 nitrogen and oxygen atoms in total. The predicted octanol–water partition coefficient (Wildman–Crippen LogP) is 5.10. The summed E-state index contributed by atoms with van der Waals surface area (Å²) >= 11 is 0. The normalized spacial score (nSPS) is 15.6. The van der Waals surface area contributed by atoms with E-state index < -0.39 is 22.1 Å². The molecular weight excluding hydrogens is 438 g/mol. The molecule has 0 bridgehead atoms. The molecule has 1 aliphatic rings. The smallest absolute Gasteiger partial charge is 0.303 e. The number of sulfonamides is 1. The zero-order chi connectivity index (χ0) is 23.8. The number of ether oxygens (including phenoxy) is 1. The molecule has 0 saturated carbocycles. The molecule has 3 aromatic carbocycles. The van der Waals surface area contributed by atoms with Gasteiger partial charge in [-0.1, -0.05) is 36.4 Å². The number of hydrogen-bond donors (Lipinski definition) is 1. The lowest BCUT2D eigenvalue weighted by Gasteiger charge is -2.36. The van der Waals surface area contributed by atoms with Crippen molar-refractivity contribution in [3.63, 3.8) is 0 Å². The summed E-state index contributed by atoms with van der Waals surface area (Å²) in [6, 6.07) is 18.4. The van der Waals surface area contributed by atoms with Gasteiger partial charge in [0.05, 0.1) is 17.1 Å². The number of benzene rings is 3. The van der Waals surface area contributed by atoms with Crippen LogP contribution in [0, 0.1) is 20.8 Å². The molecule has 0 saturated heterocycles. The number of aliphatic carboxylic acids is 1. The van der Waals surface area contributed by atoms with Crippen LogP contribution in [0.3, 0.4) is 0 Å². The summed E-state index contributed by atoms with van der Waals surface area (Å²) in [7, 11) is -3.88. The van der Waals surface area contributed by atoms with Crippen molar-refractivity contribution in [1.82, 2.24) is 0 Å². The molecule has 3 aromatic rings. The average Bonchev–Trinajstić information content (AvgIpc) is 2.78. The van der Waals surface area contributed by atoms with Crippen LogP contribution in [0.5, 0.6) is 5.75 Å². The third-order valence-corrected chi connectivity index (χ3v) is 7.84. The average molecular weight is 466 g/mol. The maximum absolute atomic E-state index is 13.7. The molecule has 1 N–H and O–H groups in total. The van der Waals surface area contributed by atoms with Gasteiger partial charge in [-0.2, -0.15) is 0 Å². The highest BCUT2D eigenvalue weighted by molar-refractivity contribution is 7.92. The Morgan fingerprint density at radius 2 is 1.82 bits per heavy atom. The van der Waals surface area contributed by atoms with Crippen molar-refractivity contribution in [3.05, 3.63) is 77.4 Å². The highest BCUT2D eigenvalue weighted by atomic mass is 32.2. The molecule has 172 valence electrons. The highest BCUT2D eigenvalue weighted by Crippen LogP contribution is 2.41. The molecule has 1 heterocycles. The number of aryl methyl sites for hydroxylation is 2. The summed E-state index contributed by atoms with van der Waals surface area (Å²) in [6.45, 7) is 5.99. The van der Waals surface area contributed by atoms with E-state index in [4.69, 9.17) is 9.84 Å². The van der Waals surface area contributed by atoms with Crippen LogP contribution in [-0.2, 0) is 14.8 Å². The van der Waals surface area contributed by atoms with E-state index in [0.29, 0.717) is 11.4 Å².